The van der Waals surface area contributed by atoms with Gasteiger partial charge in [0.15, 0.2) is 18.0 Å². The van der Waals surface area contributed by atoms with Crippen LogP contribution in [-0.4, -0.2) is 137 Å². The standard InChI is InChI=1S/C63H69N3O19S/c1-5-48(67)16-10-9-13-32-75-40-51(83-59(71)30-36-78-57(69)7-3)42-82-50-26-22-46(23-27-50)62(74)85-54-28-19-44(38-47(54)39-64-66-63-65-53-17-11-12-18-55(53)86-63)29-35-80-61(73)45-20-24-49(25-21-45)81-43-52(84-60(72)31-37-79-58(70)8-4)41-76-33-14-15-34-77-56(68)6-2/h5-8,11-12,17-28,38-39,51-52H,1-4,9-10,13-16,29-37,40-43H2,(H,65,66)/b64-39+. The lowest BCUT2D eigenvalue weighted by Crippen LogP contribution is -2.30. The van der Waals surface area contributed by atoms with Gasteiger partial charge in [0.1, 0.15) is 43.7 Å². The maximum Gasteiger partial charge on any atom is 0.343 e. The van der Waals surface area contributed by atoms with Crippen molar-refractivity contribution >= 4 is 80.5 Å². The lowest BCUT2D eigenvalue weighted by molar-refractivity contribution is -0.157. The quantitative estimate of drug-likeness (QED) is 0.00725. The third-order valence-corrected chi connectivity index (χ3v) is 12.7. The van der Waals surface area contributed by atoms with E-state index in [1.165, 1.54) is 47.9 Å². The number of hydrazone groups is 1. The van der Waals surface area contributed by atoms with Gasteiger partial charge in [-0.1, -0.05) is 62.3 Å². The van der Waals surface area contributed by atoms with Crippen LogP contribution in [0.25, 0.3) is 10.2 Å². The number of allylic oxidation sites excluding steroid dienone is 1. The van der Waals surface area contributed by atoms with Crippen LogP contribution < -0.4 is 19.6 Å². The number of ether oxygens (including phenoxy) is 11. The minimum Gasteiger partial charge on any atom is -0.490 e. The molecule has 0 radical (unpaired) electrons. The highest BCUT2D eigenvalue weighted by Gasteiger charge is 2.20. The molecule has 2 atom stereocenters. The van der Waals surface area contributed by atoms with E-state index in [-0.39, 0.29) is 101 Å². The summed E-state index contributed by atoms with van der Waals surface area (Å²) in [4.78, 5) is 102. The summed E-state index contributed by atoms with van der Waals surface area (Å²) in [5.74, 6) is -3.61. The maximum atomic E-state index is 13.6. The van der Waals surface area contributed by atoms with E-state index >= 15 is 0 Å². The first-order valence-electron chi connectivity index (χ1n) is 27.5. The summed E-state index contributed by atoms with van der Waals surface area (Å²) in [6.07, 6.45) is 7.59. The van der Waals surface area contributed by atoms with Crippen LogP contribution in [0, 0.1) is 0 Å². The van der Waals surface area contributed by atoms with Gasteiger partial charge < -0.3 is 52.1 Å². The molecule has 1 aromatic heterocycles. The molecule has 22 nitrogen and oxygen atoms in total. The molecular weight excluding hydrogens is 1130 g/mol. The van der Waals surface area contributed by atoms with Crippen LogP contribution in [0.2, 0.25) is 0 Å². The average Bonchev–Trinajstić information content (AvgIpc) is 3.47. The Kier molecular flexibility index (Phi) is 30.2. The number of nitrogens with one attached hydrogen (secondary N) is 1. The van der Waals surface area contributed by atoms with E-state index in [9.17, 15) is 38.4 Å². The molecule has 456 valence electrons. The molecule has 0 aliphatic carbocycles. The van der Waals surface area contributed by atoms with Crippen molar-refractivity contribution in [3.05, 3.63) is 164 Å². The molecule has 0 aliphatic rings. The second kappa shape index (κ2) is 38.5. The molecule has 4 aromatic carbocycles. The van der Waals surface area contributed by atoms with Crippen LogP contribution in [-0.2, 0) is 73.1 Å². The monoisotopic (exact) mass is 1200 g/mol. The molecule has 5 rings (SSSR count). The van der Waals surface area contributed by atoms with Gasteiger partial charge in [-0.3, -0.25) is 19.8 Å². The van der Waals surface area contributed by atoms with Crippen molar-refractivity contribution in [2.45, 2.75) is 70.0 Å². The molecule has 0 amide bonds. The molecule has 0 saturated heterocycles. The van der Waals surface area contributed by atoms with Gasteiger partial charge in [-0.25, -0.2) is 29.0 Å². The minimum absolute atomic E-state index is 0.00136. The normalized spacial score (nSPS) is 11.5. The second-order valence-electron chi connectivity index (χ2n) is 18.4. The molecule has 23 heteroatoms. The molecular formula is C63H69N3O19S. The van der Waals surface area contributed by atoms with Crippen LogP contribution >= 0.6 is 11.3 Å². The molecule has 1 heterocycles. The Morgan fingerprint density at radius 3 is 1.66 bits per heavy atom. The first-order valence-corrected chi connectivity index (χ1v) is 28.3. The van der Waals surface area contributed by atoms with E-state index in [1.54, 1.807) is 42.5 Å². The van der Waals surface area contributed by atoms with Crippen molar-refractivity contribution in [3.8, 4) is 17.2 Å². The number of carbonyl (C=O) groups is 8. The van der Waals surface area contributed by atoms with E-state index in [4.69, 9.17) is 52.1 Å². The molecule has 0 bridgehead atoms. The first-order chi connectivity index (χ1) is 41.7. The van der Waals surface area contributed by atoms with Crippen molar-refractivity contribution in [2.75, 3.05) is 71.5 Å². The number of esters is 7. The molecule has 0 aliphatic heterocycles. The topological polar surface area (TPSA) is 275 Å². The van der Waals surface area contributed by atoms with Crippen molar-refractivity contribution in [1.82, 2.24) is 4.98 Å². The van der Waals surface area contributed by atoms with Gasteiger partial charge in [0.05, 0.1) is 66.8 Å². The van der Waals surface area contributed by atoms with Gasteiger partial charge in [-0.05, 0) is 110 Å². The van der Waals surface area contributed by atoms with Gasteiger partial charge >= 0.3 is 41.8 Å². The Hall–Kier alpha value is -9.32. The predicted octanol–water partition coefficient (Wildman–Crippen LogP) is 9.04. The summed E-state index contributed by atoms with van der Waals surface area (Å²) in [7, 11) is 0. The Morgan fingerprint density at radius 1 is 0.547 bits per heavy atom. The Labute approximate surface area is 501 Å². The molecule has 0 saturated carbocycles. The van der Waals surface area contributed by atoms with Gasteiger partial charge in [-0.15, -0.1) is 0 Å². The molecule has 86 heavy (non-hydrogen) atoms. The third kappa shape index (κ3) is 26.1. The smallest absolute Gasteiger partial charge is 0.343 e. The van der Waals surface area contributed by atoms with Crippen LogP contribution in [0.5, 0.6) is 17.2 Å². The largest absolute Gasteiger partial charge is 0.490 e. The summed E-state index contributed by atoms with van der Waals surface area (Å²) in [6, 6.07) is 25.0. The lowest BCUT2D eigenvalue weighted by Gasteiger charge is -2.19. The Morgan fingerprint density at radius 2 is 1.09 bits per heavy atom. The number of benzene rings is 4. The fourth-order valence-electron chi connectivity index (χ4n) is 7.34. The number of anilines is 1. The number of ketones is 1. The number of aromatic nitrogens is 1. The molecule has 0 fully saturated rings. The highest BCUT2D eigenvalue weighted by atomic mass is 32.1. The zero-order chi connectivity index (χ0) is 61.7. The molecule has 0 spiro atoms. The van der Waals surface area contributed by atoms with E-state index in [1.807, 2.05) is 24.3 Å². The van der Waals surface area contributed by atoms with Crippen LogP contribution in [0.1, 0.15) is 83.2 Å². The Balaban J connectivity index is 1.17. The fourth-order valence-corrected chi connectivity index (χ4v) is 8.16. The highest BCUT2D eigenvalue weighted by molar-refractivity contribution is 7.22. The number of unbranched alkanes of at least 4 members (excludes halogenated alkanes) is 3. The number of rotatable bonds is 42. The zero-order valence-electron chi connectivity index (χ0n) is 47.5. The summed E-state index contributed by atoms with van der Waals surface area (Å²) in [6.45, 7) is 13.6. The van der Waals surface area contributed by atoms with Crippen molar-refractivity contribution in [3.63, 3.8) is 0 Å². The number of thiazole rings is 1. The number of nitrogens with zero attached hydrogens (tertiary/aromatic N) is 2. The summed E-state index contributed by atoms with van der Waals surface area (Å²) in [5, 5.41) is 4.93. The summed E-state index contributed by atoms with van der Waals surface area (Å²) in [5.41, 5.74) is 5.30. The van der Waals surface area contributed by atoms with E-state index in [0.717, 1.165) is 40.4 Å². The highest BCUT2D eigenvalue weighted by Crippen LogP contribution is 2.26. The average molecular weight is 1200 g/mol. The van der Waals surface area contributed by atoms with E-state index in [2.05, 4.69) is 41.8 Å². The maximum absolute atomic E-state index is 13.6. The fraction of sp³-hybridized carbons (Fsp3) is 0.333. The van der Waals surface area contributed by atoms with Crippen LogP contribution in [0.15, 0.2) is 147 Å². The van der Waals surface area contributed by atoms with Crippen molar-refractivity contribution in [1.29, 1.82) is 0 Å². The SMILES string of the molecule is C=CC(=O)CCCCCOCC(COc1ccc(C(=O)Oc2ccc(CCOC(=O)c3ccc(OCC(COCCCCOC(=O)C=C)OC(=O)CCOC(=O)C=C)cc3)cc2/C=N/Nc2nc3ccccc3s2)cc1)OC(=O)CCOC(=O)C=C. The van der Waals surface area contributed by atoms with Gasteiger partial charge in [0.25, 0.3) is 0 Å². The number of hydrogen-bond donors (Lipinski definition) is 1. The first kappa shape index (κ1) is 67.5. The van der Waals surface area contributed by atoms with Gasteiger partial charge in [0, 0.05) is 49.8 Å². The predicted molar refractivity (Wildman–Crippen MR) is 317 cm³/mol. The van der Waals surface area contributed by atoms with E-state index in [0.29, 0.717) is 60.9 Å². The Bertz CT molecular complexity index is 3070. The number of carbonyl (C=O) groups excluding carboxylic acids is 8. The minimum atomic E-state index is -0.852. The molecule has 2 unspecified atom stereocenters. The number of hydrogen-bond acceptors (Lipinski definition) is 23. The van der Waals surface area contributed by atoms with Crippen molar-refractivity contribution in [2.24, 2.45) is 5.10 Å². The third-order valence-electron chi connectivity index (χ3n) is 11.8. The number of para-hydroxylation sites is 1. The summed E-state index contributed by atoms with van der Waals surface area (Å²) < 4.78 is 61.6. The van der Waals surface area contributed by atoms with Crippen LogP contribution in [0.3, 0.4) is 0 Å². The summed E-state index contributed by atoms with van der Waals surface area (Å²) >= 11 is 1.40. The number of fused-ring (bicyclic) bond motifs is 1. The molecule has 5 aromatic rings. The van der Waals surface area contributed by atoms with Crippen molar-refractivity contribution < 1.29 is 90.5 Å². The zero-order valence-corrected chi connectivity index (χ0v) is 48.3. The lowest BCUT2D eigenvalue weighted by atomic mass is 10.1. The second-order valence-corrected chi connectivity index (χ2v) is 19.4. The molecule has 1 N–H and O–H groups in total. The van der Waals surface area contributed by atoms with Gasteiger partial charge in [-0.2, -0.15) is 5.10 Å². The van der Waals surface area contributed by atoms with Gasteiger partial charge in [0.2, 0.25) is 5.13 Å². The van der Waals surface area contributed by atoms with E-state index < -0.39 is 54.0 Å². The van der Waals surface area contributed by atoms with Crippen LogP contribution in [0.4, 0.5) is 5.13 Å².